The van der Waals surface area contributed by atoms with E-state index in [-0.39, 0.29) is 5.82 Å². The van der Waals surface area contributed by atoms with E-state index in [1.807, 2.05) is 18.2 Å². The summed E-state index contributed by atoms with van der Waals surface area (Å²) in [5.74, 6) is -0.00788. The molecule has 0 heterocycles. The fraction of sp³-hybridized carbons (Fsp3) is 0.200. The monoisotopic (exact) mass is 282 g/mol. The summed E-state index contributed by atoms with van der Waals surface area (Å²) in [4.78, 5) is 0. The van der Waals surface area contributed by atoms with Gasteiger partial charge in [-0.1, -0.05) is 43.1 Å². The van der Waals surface area contributed by atoms with Crippen LogP contribution in [0.4, 0.5) is 4.39 Å². The fourth-order valence-electron chi connectivity index (χ4n) is 1.99. The average Bonchev–Trinajstić information content (AvgIpc) is 2.27. The maximum Gasteiger partial charge on any atom is 0.125 e. The highest BCUT2D eigenvalue weighted by Gasteiger charge is 2.11. The largest absolute Gasteiger partial charge is 0.207 e. The molecule has 0 atom stereocenters. The normalized spacial score (nSPS) is 11.0. The minimum atomic E-state index is -0.341. The zero-order valence-corrected chi connectivity index (χ0v) is 11.7. The van der Waals surface area contributed by atoms with E-state index in [0.29, 0.717) is 16.0 Å². The number of benzene rings is 2. The van der Waals surface area contributed by atoms with Gasteiger partial charge < -0.3 is 0 Å². The van der Waals surface area contributed by atoms with Crippen LogP contribution in [0.1, 0.15) is 25.3 Å². The quantitative estimate of drug-likeness (QED) is 0.641. The van der Waals surface area contributed by atoms with Gasteiger partial charge in [0, 0.05) is 10.0 Å². The van der Waals surface area contributed by atoms with Crippen LogP contribution < -0.4 is 0 Å². The molecule has 0 unspecified atom stereocenters. The van der Waals surface area contributed by atoms with Crippen molar-refractivity contribution in [1.82, 2.24) is 0 Å². The van der Waals surface area contributed by atoms with Crippen LogP contribution in [-0.4, -0.2) is 0 Å². The Morgan fingerprint density at radius 2 is 1.67 bits per heavy atom. The Morgan fingerprint density at radius 3 is 2.28 bits per heavy atom. The Hall–Kier alpha value is -1.05. The van der Waals surface area contributed by atoms with Crippen LogP contribution in [0.15, 0.2) is 36.4 Å². The summed E-state index contributed by atoms with van der Waals surface area (Å²) in [5, 5.41) is 1.02. The van der Waals surface area contributed by atoms with Crippen molar-refractivity contribution in [3.63, 3.8) is 0 Å². The summed E-state index contributed by atoms with van der Waals surface area (Å²) < 4.78 is 13.4. The molecule has 0 aliphatic heterocycles. The van der Waals surface area contributed by atoms with Gasteiger partial charge in [-0.05, 0) is 52.9 Å². The van der Waals surface area contributed by atoms with Gasteiger partial charge in [0.25, 0.3) is 0 Å². The molecule has 0 fully saturated rings. The average molecular weight is 283 g/mol. The predicted octanol–water partition coefficient (Wildman–Crippen LogP) is 5.92. The molecule has 2 aromatic rings. The Labute approximate surface area is 116 Å². The van der Waals surface area contributed by atoms with Gasteiger partial charge in [0.1, 0.15) is 5.82 Å². The van der Waals surface area contributed by atoms with Gasteiger partial charge >= 0.3 is 0 Å². The van der Waals surface area contributed by atoms with Gasteiger partial charge in [-0.15, -0.1) is 0 Å². The second-order valence-corrected chi connectivity index (χ2v) is 5.42. The molecule has 0 amide bonds. The molecule has 0 aliphatic carbocycles. The van der Waals surface area contributed by atoms with Crippen LogP contribution in [0.25, 0.3) is 11.1 Å². The standard InChI is InChI=1S/C15H13Cl2F/c1-9(2)14-4-3-11(16)8-15(14)10-5-12(17)7-13(18)6-10/h3-9H,1-2H3. The van der Waals surface area contributed by atoms with Gasteiger partial charge in [0.15, 0.2) is 0 Å². The summed E-state index contributed by atoms with van der Waals surface area (Å²) in [5.41, 5.74) is 2.81. The zero-order valence-electron chi connectivity index (χ0n) is 10.2. The van der Waals surface area contributed by atoms with Crippen LogP contribution in [0.5, 0.6) is 0 Å². The molecule has 0 radical (unpaired) electrons. The molecule has 0 N–H and O–H groups in total. The molecule has 3 heteroatoms. The van der Waals surface area contributed by atoms with Crippen LogP contribution in [-0.2, 0) is 0 Å². The summed E-state index contributed by atoms with van der Waals surface area (Å²) in [6, 6.07) is 10.2. The predicted molar refractivity (Wildman–Crippen MR) is 75.9 cm³/mol. The lowest BCUT2D eigenvalue weighted by molar-refractivity contribution is 0.628. The Kier molecular flexibility index (Phi) is 3.94. The van der Waals surface area contributed by atoms with Crippen molar-refractivity contribution in [2.75, 3.05) is 0 Å². The maximum absolute atomic E-state index is 13.4. The third-order valence-electron chi connectivity index (χ3n) is 2.81. The molecule has 0 bridgehead atoms. The summed E-state index contributed by atoms with van der Waals surface area (Å²) >= 11 is 11.9. The topological polar surface area (TPSA) is 0 Å². The SMILES string of the molecule is CC(C)c1ccc(Cl)cc1-c1cc(F)cc(Cl)c1. The van der Waals surface area contributed by atoms with E-state index in [1.165, 1.54) is 12.1 Å². The van der Waals surface area contributed by atoms with Gasteiger partial charge in [-0.3, -0.25) is 0 Å². The molecule has 0 spiro atoms. The second-order valence-electron chi connectivity index (χ2n) is 4.54. The lowest BCUT2D eigenvalue weighted by Crippen LogP contribution is -1.93. The maximum atomic E-state index is 13.4. The molecular formula is C15H13Cl2F. The van der Waals surface area contributed by atoms with Crippen LogP contribution in [0.2, 0.25) is 10.0 Å². The van der Waals surface area contributed by atoms with Gasteiger partial charge in [0.05, 0.1) is 0 Å². The van der Waals surface area contributed by atoms with E-state index in [9.17, 15) is 4.39 Å². The molecule has 0 aromatic heterocycles. The van der Waals surface area contributed by atoms with E-state index >= 15 is 0 Å². The van der Waals surface area contributed by atoms with Crippen molar-refractivity contribution >= 4 is 23.2 Å². The fourth-order valence-corrected chi connectivity index (χ4v) is 2.39. The molecule has 0 saturated heterocycles. The second kappa shape index (κ2) is 5.29. The zero-order chi connectivity index (χ0) is 13.3. The molecule has 0 aliphatic rings. The van der Waals surface area contributed by atoms with E-state index in [4.69, 9.17) is 23.2 Å². The van der Waals surface area contributed by atoms with Crippen LogP contribution in [0.3, 0.4) is 0 Å². The molecule has 0 saturated carbocycles. The molecule has 2 rings (SSSR count). The Morgan fingerprint density at radius 1 is 0.944 bits per heavy atom. The lowest BCUT2D eigenvalue weighted by Gasteiger charge is -2.14. The van der Waals surface area contributed by atoms with Crippen molar-refractivity contribution < 1.29 is 4.39 Å². The summed E-state index contributed by atoms with van der Waals surface area (Å²) in [6.07, 6.45) is 0. The lowest BCUT2D eigenvalue weighted by atomic mass is 9.92. The molecule has 2 aromatic carbocycles. The Balaban J connectivity index is 2.65. The Bertz CT molecular complexity index is 556. The molecule has 0 nitrogen and oxygen atoms in total. The highest BCUT2D eigenvalue weighted by molar-refractivity contribution is 6.31. The van der Waals surface area contributed by atoms with Gasteiger partial charge in [0.2, 0.25) is 0 Å². The van der Waals surface area contributed by atoms with Crippen LogP contribution >= 0.6 is 23.2 Å². The first-order valence-electron chi connectivity index (χ1n) is 5.73. The van der Waals surface area contributed by atoms with Crippen molar-refractivity contribution in [1.29, 1.82) is 0 Å². The minimum Gasteiger partial charge on any atom is -0.207 e. The first kappa shape index (κ1) is 13.4. The number of halogens is 3. The van der Waals surface area contributed by atoms with Gasteiger partial charge in [-0.25, -0.2) is 4.39 Å². The van der Waals surface area contributed by atoms with E-state index < -0.39 is 0 Å². The smallest absolute Gasteiger partial charge is 0.125 e. The summed E-state index contributed by atoms with van der Waals surface area (Å²) in [6.45, 7) is 4.18. The third-order valence-corrected chi connectivity index (χ3v) is 3.26. The number of hydrogen-bond donors (Lipinski definition) is 0. The van der Waals surface area contributed by atoms with E-state index in [1.54, 1.807) is 6.07 Å². The molecule has 94 valence electrons. The first-order chi connectivity index (χ1) is 8.47. The van der Waals surface area contributed by atoms with Gasteiger partial charge in [-0.2, -0.15) is 0 Å². The third kappa shape index (κ3) is 2.85. The summed E-state index contributed by atoms with van der Waals surface area (Å²) in [7, 11) is 0. The van der Waals surface area contributed by atoms with Crippen molar-refractivity contribution in [3.05, 3.63) is 57.8 Å². The highest BCUT2D eigenvalue weighted by Crippen LogP contribution is 2.33. The van der Waals surface area contributed by atoms with E-state index in [2.05, 4.69) is 13.8 Å². The van der Waals surface area contributed by atoms with Crippen molar-refractivity contribution in [2.45, 2.75) is 19.8 Å². The van der Waals surface area contributed by atoms with Crippen molar-refractivity contribution in [2.24, 2.45) is 0 Å². The van der Waals surface area contributed by atoms with Crippen molar-refractivity contribution in [3.8, 4) is 11.1 Å². The minimum absolute atomic E-state index is 0.333. The number of hydrogen-bond acceptors (Lipinski definition) is 0. The number of rotatable bonds is 2. The first-order valence-corrected chi connectivity index (χ1v) is 6.49. The molecule has 18 heavy (non-hydrogen) atoms. The van der Waals surface area contributed by atoms with Crippen LogP contribution in [0, 0.1) is 5.82 Å². The molecular weight excluding hydrogens is 270 g/mol. The highest BCUT2D eigenvalue weighted by atomic mass is 35.5. The van der Waals surface area contributed by atoms with E-state index in [0.717, 1.165) is 16.7 Å².